The van der Waals surface area contributed by atoms with Crippen molar-refractivity contribution in [1.29, 1.82) is 0 Å². The number of aromatic amines is 1. The fraction of sp³-hybridized carbons (Fsp3) is 0. The Hall–Kier alpha value is -2.01. The van der Waals surface area contributed by atoms with Crippen LogP contribution in [0.3, 0.4) is 0 Å². The van der Waals surface area contributed by atoms with Crippen molar-refractivity contribution in [2.75, 3.05) is 0 Å². The first-order valence-corrected chi connectivity index (χ1v) is 6.64. The second-order valence-electron chi connectivity index (χ2n) is 3.72. The lowest BCUT2D eigenvalue weighted by Crippen LogP contribution is -2.12. The van der Waals surface area contributed by atoms with Crippen molar-refractivity contribution in [3.8, 4) is 0 Å². The van der Waals surface area contributed by atoms with Crippen LogP contribution in [0, 0.1) is 0 Å². The molecule has 4 nitrogen and oxygen atoms in total. The summed E-state index contributed by atoms with van der Waals surface area (Å²) in [5, 5.41) is 5.23. The Kier molecular flexibility index (Phi) is 2.26. The highest BCUT2D eigenvalue weighted by Crippen LogP contribution is 2.47. The minimum atomic E-state index is -0.577. The summed E-state index contributed by atoms with van der Waals surface area (Å²) >= 11 is 0. The van der Waals surface area contributed by atoms with Gasteiger partial charge in [-0.2, -0.15) is 10.9 Å². The summed E-state index contributed by atoms with van der Waals surface area (Å²) in [6, 6.07) is 1.91. The van der Waals surface area contributed by atoms with Crippen LogP contribution in [0.15, 0.2) is 46.3 Å². The third-order valence-corrected chi connectivity index (χ3v) is 4.65. The van der Waals surface area contributed by atoms with Crippen molar-refractivity contribution >= 4 is 27.7 Å². The second kappa shape index (κ2) is 3.78. The lowest BCUT2D eigenvalue weighted by molar-refractivity contribution is 0.0993. The van der Waals surface area contributed by atoms with Gasteiger partial charge in [-0.3, -0.25) is 9.78 Å². The van der Waals surface area contributed by atoms with Gasteiger partial charge in [0.25, 0.3) is 5.91 Å². The zero-order valence-electron chi connectivity index (χ0n) is 8.92. The van der Waals surface area contributed by atoms with Gasteiger partial charge in [0, 0.05) is 16.5 Å². The average molecular weight is 245 g/mol. The van der Waals surface area contributed by atoms with E-state index in [1.54, 1.807) is 12.4 Å². The lowest BCUT2D eigenvalue weighted by atomic mass is 10.3. The van der Waals surface area contributed by atoms with Gasteiger partial charge in [0.2, 0.25) is 0 Å². The van der Waals surface area contributed by atoms with E-state index < -0.39 is 16.8 Å². The number of thiol groups is 1. The van der Waals surface area contributed by atoms with Crippen LogP contribution in [0.25, 0.3) is 10.9 Å². The van der Waals surface area contributed by atoms with E-state index in [0.717, 1.165) is 15.8 Å². The zero-order valence-corrected chi connectivity index (χ0v) is 9.82. The van der Waals surface area contributed by atoms with E-state index in [0.29, 0.717) is 5.69 Å². The normalized spacial score (nSPS) is 15.9. The Morgan fingerprint density at radius 2 is 2.12 bits per heavy atom. The SMILES string of the molecule is NC(=O)c1[nH]c2cnccc2c1[SH]1C=CC=C1. The third kappa shape index (κ3) is 1.55. The fourth-order valence-electron chi connectivity index (χ4n) is 1.96. The maximum atomic E-state index is 11.5. The number of nitrogens with two attached hydrogens (primary N) is 1. The summed E-state index contributed by atoms with van der Waals surface area (Å²) < 4.78 is 0. The van der Waals surface area contributed by atoms with Gasteiger partial charge >= 0.3 is 0 Å². The van der Waals surface area contributed by atoms with E-state index in [2.05, 4.69) is 20.8 Å². The monoisotopic (exact) mass is 245 g/mol. The van der Waals surface area contributed by atoms with Crippen LogP contribution in [-0.4, -0.2) is 15.9 Å². The van der Waals surface area contributed by atoms with Gasteiger partial charge < -0.3 is 10.7 Å². The molecular formula is C12H11N3OS. The van der Waals surface area contributed by atoms with Crippen LogP contribution < -0.4 is 5.73 Å². The van der Waals surface area contributed by atoms with E-state index in [1.165, 1.54) is 0 Å². The summed E-state index contributed by atoms with van der Waals surface area (Å²) in [6.07, 6.45) is 7.43. The topological polar surface area (TPSA) is 71.8 Å². The van der Waals surface area contributed by atoms with Gasteiger partial charge in [-0.15, -0.1) is 0 Å². The standard InChI is InChI=1S/C12H11N3OS/c13-12(16)10-11(17-5-1-2-6-17)8-3-4-14-7-9(8)15-10/h1-7,15,17H,(H2,13,16). The molecule has 0 saturated heterocycles. The van der Waals surface area contributed by atoms with E-state index in [1.807, 2.05) is 18.2 Å². The molecule has 0 aromatic carbocycles. The van der Waals surface area contributed by atoms with E-state index >= 15 is 0 Å². The third-order valence-electron chi connectivity index (χ3n) is 2.68. The van der Waals surface area contributed by atoms with E-state index in [9.17, 15) is 4.79 Å². The molecule has 0 atom stereocenters. The van der Waals surface area contributed by atoms with Crippen LogP contribution in [-0.2, 0) is 0 Å². The van der Waals surface area contributed by atoms with Crippen LogP contribution in [0.1, 0.15) is 10.5 Å². The first-order chi connectivity index (χ1) is 8.27. The molecule has 0 radical (unpaired) electrons. The van der Waals surface area contributed by atoms with Crippen LogP contribution in [0.2, 0.25) is 0 Å². The summed E-state index contributed by atoms with van der Waals surface area (Å²) in [5.41, 5.74) is 6.77. The molecule has 0 spiro atoms. The summed E-state index contributed by atoms with van der Waals surface area (Å²) in [7, 11) is -0.577. The summed E-state index contributed by atoms with van der Waals surface area (Å²) in [4.78, 5) is 19.6. The number of fused-ring (bicyclic) bond motifs is 1. The Morgan fingerprint density at radius 1 is 1.35 bits per heavy atom. The van der Waals surface area contributed by atoms with Gasteiger partial charge in [0.05, 0.1) is 11.7 Å². The van der Waals surface area contributed by atoms with Gasteiger partial charge in [-0.1, -0.05) is 12.2 Å². The summed E-state index contributed by atoms with van der Waals surface area (Å²) in [6.45, 7) is 0. The number of primary amides is 1. The molecule has 3 heterocycles. The quantitative estimate of drug-likeness (QED) is 0.709. The molecule has 2 aromatic heterocycles. The van der Waals surface area contributed by atoms with Crippen molar-refractivity contribution in [2.45, 2.75) is 4.90 Å². The molecular weight excluding hydrogens is 234 g/mol. The number of nitrogens with one attached hydrogen (secondary N) is 1. The maximum Gasteiger partial charge on any atom is 0.266 e. The number of aromatic nitrogens is 2. The van der Waals surface area contributed by atoms with E-state index in [-0.39, 0.29) is 0 Å². The van der Waals surface area contributed by atoms with Gasteiger partial charge in [-0.25, -0.2) is 0 Å². The minimum Gasteiger partial charge on any atom is -0.364 e. The molecule has 5 heteroatoms. The number of hydrogen-bond donors (Lipinski definition) is 3. The van der Waals surface area contributed by atoms with Crippen LogP contribution in [0.5, 0.6) is 0 Å². The molecule has 0 bridgehead atoms. The van der Waals surface area contributed by atoms with Crippen molar-refractivity contribution in [3.05, 3.63) is 47.1 Å². The highest BCUT2D eigenvalue weighted by Gasteiger charge is 2.19. The van der Waals surface area contributed by atoms with Gasteiger partial charge in [0.15, 0.2) is 0 Å². The number of nitrogens with zero attached hydrogens (tertiary/aromatic N) is 1. The first-order valence-electron chi connectivity index (χ1n) is 5.16. The number of carbonyl (C=O) groups is 1. The largest absolute Gasteiger partial charge is 0.364 e. The maximum absolute atomic E-state index is 11.5. The Labute approximate surface area is 101 Å². The smallest absolute Gasteiger partial charge is 0.266 e. The summed E-state index contributed by atoms with van der Waals surface area (Å²) in [5.74, 6) is -0.424. The van der Waals surface area contributed by atoms with Crippen molar-refractivity contribution < 1.29 is 4.79 Å². The van der Waals surface area contributed by atoms with Crippen LogP contribution in [0.4, 0.5) is 0 Å². The molecule has 0 saturated carbocycles. The number of amides is 1. The number of allylic oxidation sites excluding steroid dienone is 2. The van der Waals surface area contributed by atoms with Crippen molar-refractivity contribution in [1.82, 2.24) is 9.97 Å². The van der Waals surface area contributed by atoms with Crippen LogP contribution >= 0.6 is 10.9 Å². The molecule has 3 N–H and O–H groups in total. The first kappa shape index (κ1) is 10.2. The van der Waals surface area contributed by atoms with Crippen molar-refractivity contribution in [3.63, 3.8) is 0 Å². The molecule has 3 rings (SSSR count). The lowest BCUT2D eigenvalue weighted by Gasteiger charge is -2.10. The number of rotatable bonds is 2. The predicted molar refractivity (Wildman–Crippen MR) is 70.1 cm³/mol. The molecule has 1 aliphatic heterocycles. The fourth-order valence-corrected chi connectivity index (χ4v) is 3.82. The molecule has 1 aliphatic rings. The van der Waals surface area contributed by atoms with Gasteiger partial charge in [0.1, 0.15) is 5.69 Å². The molecule has 0 aliphatic carbocycles. The molecule has 86 valence electrons. The number of hydrogen-bond acceptors (Lipinski definition) is 2. The number of carbonyl (C=O) groups excluding carboxylic acids is 1. The van der Waals surface area contributed by atoms with Crippen molar-refractivity contribution in [2.24, 2.45) is 5.73 Å². The Bertz CT molecular complexity index is 645. The highest BCUT2D eigenvalue weighted by molar-refractivity contribution is 8.22. The predicted octanol–water partition coefficient (Wildman–Crippen LogP) is 2.06. The molecule has 0 fully saturated rings. The molecule has 2 aromatic rings. The Balaban J connectivity index is 2.31. The van der Waals surface area contributed by atoms with E-state index in [4.69, 9.17) is 5.73 Å². The minimum absolute atomic E-state index is 0.424. The molecule has 0 unspecified atom stereocenters. The van der Waals surface area contributed by atoms with Gasteiger partial charge in [-0.05, 0) is 16.9 Å². The number of H-pyrrole nitrogens is 1. The average Bonchev–Trinajstić information content (AvgIpc) is 2.94. The Morgan fingerprint density at radius 3 is 2.82 bits per heavy atom. The zero-order chi connectivity index (χ0) is 11.8. The number of pyridine rings is 1. The molecule has 17 heavy (non-hydrogen) atoms. The highest BCUT2D eigenvalue weighted by atomic mass is 32.2. The second-order valence-corrected chi connectivity index (χ2v) is 5.58. The molecule has 1 amide bonds.